The molecule has 6 aromatic carbocycles. The lowest BCUT2D eigenvalue weighted by Crippen LogP contribution is -2.07. The SMILES string of the molecule is CCCCCCCCCCCCOc1cc(O)ccc1C.CCCCCCCCCCCCOc1cccc(O)c1C.CCCCCCCCCCCCOc1cccc(O)c1C(=O)OC.CCCCCCCCCCCCOc1cccc(O)c1Cl.CCCCCCCCCCCCOc1cccc(O)c1OC.CCCCCCCCCCCCOc1cccc(O)c1[N+](=O)[O-]. The predicted octanol–water partition coefficient (Wildman–Crippen LogP) is 35.1. The summed E-state index contributed by atoms with van der Waals surface area (Å²) >= 11 is 5.95. The van der Waals surface area contributed by atoms with E-state index in [-0.39, 0.29) is 45.7 Å². The lowest BCUT2D eigenvalue weighted by molar-refractivity contribution is -0.386. The van der Waals surface area contributed by atoms with Gasteiger partial charge in [0.25, 0.3) is 0 Å². The van der Waals surface area contributed by atoms with Gasteiger partial charge in [0.1, 0.15) is 56.6 Å². The standard InChI is InChI=1S/C20H32O4.C19H32O3.2C19H32O2.C18H29ClO2.C18H29NO4/c1-3-4-5-6-7-8-9-10-11-12-16-24-18-15-13-14-17(21)19(18)20(22)23-2;1-3-4-5-6-7-8-9-10-11-12-16-22-18-15-13-14-17(20)19(18)21-2;1-3-4-5-6-7-8-9-10-11-12-16-21-19-15-13-14-18(20)17(19)2;1-3-4-5-6-7-8-9-10-11-12-15-21-19-16-18(20)14-13-17(19)2;1-2-3-4-5-6-7-8-9-10-11-15-21-17-14-12-13-16(20)18(17)19;1-2-3-4-5-6-7-8-9-10-11-15-23-17-14-12-13-16(20)18(17)19(21)22/h13-15,21H,3-12,16H2,1-2H3;13-15,20H,3-12,16H2,1-2H3;13-15,20H,3-12,16H2,1-2H3;13-14,16,20H,3-12,15H2,1-2H3;12-14,20H,2-11,15H2,1H3;12-14,20H,2-11,15H2,1H3. The zero-order chi connectivity index (χ0) is 96.6. The molecule has 0 spiro atoms. The first-order chi connectivity index (χ1) is 64.4. The third-order valence-corrected chi connectivity index (χ3v) is 24.0. The van der Waals surface area contributed by atoms with Gasteiger partial charge < -0.3 is 68.5 Å². The quantitative estimate of drug-likeness (QED) is 0.00898. The van der Waals surface area contributed by atoms with Crippen LogP contribution in [0.5, 0.6) is 74.7 Å². The monoisotopic (exact) mass is 1860 g/mol. The van der Waals surface area contributed by atoms with Gasteiger partial charge >= 0.3 is 11.7 Å². The van der Waals surface area contributed by atoms with Gasteiger partial charge in [0.15, 0.2) is 17.2 Å². The van der Waals surface area contributed by atoms with Crippen LogP contribution >= 0.6 is 11.6 Å². The van der Waals surface area contributed by atoms with E-state index in [1.807, 2.05) is 38.1 Å². The van der Waals surface area contributed by atoms with E-state index in [4.69, 9.17) is 44.8 Å². The number of carbonyl (C=O) groups is 1. The summed E-state index contributed by atoms with van der Waals surface area (Å²) in [6, 6.07) is 30.2. The zero-order valence-electron chi connectivity index (χ0n) is 84.6. The molecule has 0 aliphatic rings. The van der Waals surface area contributed by atoms with Gasteiger partial charge in [0, 0.05) is 11.6 Å². The maximum absolute atomic E-state index is 11.7. The summed E-state index contributed by atoms with van der Waals surface area (Å²) in [5.41, 5.74) is 1.68. The Labute approximate surface area is 807 Å². The second-order valence-corrected chi connectivity index (χ2v) is 35.8. The third-order valence-electron chi connectivity index (χ3n) is 23.6. The molecule has 0 unspecified atom stereocenters. The molecule has 0 saturated heterocycles. The molecule has 0 heterocycles. The molecule has 0 amide bonds. The number of nitro groups is 1. The predicted molar refractivity (Wildman–Crippen MR) is 552 cm³/mol. The van der Waals surface area contributed by atoms with Crippen molar-refractivity contribution in [2.24, 2.45) is 0 Å². The van der Waals surface area contributed by atoms with E-state index in [0.29, 0.717) is 60.2 Å². The van der Waals surface area contributed by atoms with E-state index >= 15 is 0 Å². The molecule has 0 fully saturated rings. The summed E-state index contributed by atoms with van der Waals surface area (Å²) in [5.74, 6) is 3.54. The lowest BCUT2D eigenvalue weighted by atomic mass is 10.1. The van der Waals surface area contributed by atoms with Crippen molar-refractivity contribution in [1.82, 2.24) is 0 Å². The number of nitrogens with zero attached hydrogens (tertiary/aromatic N) is 1. The number of methoxy groups -OCH3 is 2. The van der Waals surface area contributed by atoms with Gasteiger partial charge in [-0.3, -0.25) is 10.1 Å². The highest BCUT2D eigenvalue weighted by Gasteiger charge is 2.21. The van der Waals surface area contributed by atoms with E-state index in [1.54, 1.807) is 73.8 Å². The number of esters is 1. The zero-order valence-corrected chi connectivity index (χ0v) is 85.3. The molecule has 752 valence electrons. The lowest BCUT2D eigenvalue weighted by Gasteiger charge is -2.11. The number of unbranched alkanes of at least 4 members (excludes halogenated alkanes) is 54. The maximum Gasteiger partial charge on any atom is 0.352 e. The van der Waals surface area contributed by atoms with Crippen molar-refractivity contribution in [3.8, 4) is 74.7 Å². The number of phenols is 6. The van der Waals surface area contributed by atoms with Crippen LogP contribution in [0.1, 0.15) is 448 Å². The molecule has 0 radical (unpaired) electrons. The summed E-state index contributed by atoms with van der Waals surface area (Å²) in [5, 5.41) is 68.7. The molecule has 132 heavy (non-hydrogen) atoms. The van der Waals surface area contributed by atoms with Crippen LogP contribution in [0.3, 0.4) is 0 Å². The number of nitro benzene ring substituents is 1. The minimum absolute atomic E-state index is 0.0808. The highest BCUT2D eigenvalue weighted by molar-refractivity contribution is 6.33. The van der Waals surface area contributed by atoms with Gasteiger partial charge in [-0.15, -0.1) is 0 Å². The Morgan fingerprint density at radius 2 is 0.553 bits per heavy atom. The summed E-state index contributed by atoms with van der Waals surface area (Å²) in [4.78, 5) is 22.0. The van der Waals surface area contributed by atoms with Crippen molar-refractivity contribution in [1.29, 1.82) is 0 Å². The highest BCUT2D eigenvalue weighted by Crippen LogP contribution is 2.39. The third kappa shape index (κ3) is 65.5. The van der Waals surface area contributed by atoms with Gasteiger partial charge in [-0.05, 0) is 125 Å². The minimum atomic E-state index is -0.608. The van der Waals surface area contributed by atoms with Crippen LogP contribution in [0.25, 0.3) is 0 Å². The normalized spacial score (nSPS) is 10.7. The number of benzene rings is 6. The molecule has 19 heteroatoms. The second kappa shape index (κ2) is 88.2. The van der Waals surface area contributed by atoms with E-state index in [2.05, 4.69) is 46.3 Å². The van der Waals surface area contributed by atoms with Crippen molar-refractivity contribution in [3.63, 3.8) is 0 Å². The van der Waals surface area contributed by atoms with Crippen LogP contribution < -0.4 is 33.2 Å². The van der Waals surface area contributed by atoms with Gasteiger partial charge in [-0.2, -0.15) is 0 Å². The molecule has 0 bridgehead atoms. The van der Waals surface area contributed by atoms with Gasteiger partial charge in [0.05, 0.1) is 58.8 Å². The van der Waals surface area contributed by atoms with Crippen LogP contribution in [-0.4, -0.2) is 95.4 Å². The molecular formula is C113H186ClNO17. The second-order valence-electron chi connectivity index (χ2n) is 35.5. The van der Waals surface area contributed by atoms with Crippen LogP contribution in [0, 0.1) is 24.0 Å². The summed E-state index contributed by atoms with van der Waals surface area (Å²) in [7, 11) is 2.84. The van der Waals surface area contributed by atoms with Crippen molar-refractivity contribution >= 4 is 23.3 Å². The first-order valence-corrected chi connectivity index (χ1v) is 52.8. The number of rotatable bonds is 75. The number of para-hydroxylation sites is 2. The summed E-state index contributed by atoms with van der Waals surface area (Å²) < 4.78 is 43.7. The van der Waals surface area contributed by atoms with Crippen molar-refractivity contribution < 1.29 is 78.3 Å². The Morgan fingerprint density at radius 1 is 0.295 bits per heavy atom. The average molecular weight is 1870 g/mol. The number of hydrogen-bond donors (Lipinski definition) is 6. The molecule has 6 rings (SSSR count). The number of ether oxygens (including phenoxy) is 8. The van der Waals surface area contributed by atoms with Gasteiger partial charge in [-0.1, -0.05) is 436 Å². The number of aromatic hydroxyl groups is 6. The molecule has 6 N–H and O–H groups in total. The van der Waals surface area contributed by atoms with Crippen molar-refractivity contribution in [3.05, 3.63) is 141 Å². The Balaban J connectivity index is 0.000000793. The van der Waals surface area contributed by atoms with Crippen LogP contribution in [-0.2, 0) is 4.74 Å². The number of halogens is 1. The first-order valence-electron chi connectivity index (χ1n) is 52.5. The largest absolute Gasteiger partial charge is 0.508 e. The molecule has 6 aromatic rings. The average Bonchev–Trinajstić information content (AvgIpc) is 0.830. The smallest absolute Gasteiger partial charge is 0.352 e. The number of carbonyl (C=O) groups excluding carboxylic acids is 1. The van der Waals surface area contributed by atoms with Gasteiger partial charge in [0.2, 0.25) is 11.5 Å². The maximum atomic E-state index is 11.7. The topological polar surface area (TPSA) is 255 Å². The van der Waals surface area contributed by atoms with Crippen LogP contribution in [0.15, 0.2) is 109 Å². The molecular weight excluding hydrogens is 1680 g/mol. The first kappa shape index (κ1) is 122. The Hall–Kier alpha value is -8.12. The van der Waals surface area contributed by atoms with E-state index in [1.165, 1.54) is 359 Å². The van der Waals surface area contributed by atoms with Gasteiger partial charge in [-0.25, -0.2) is 4.79 Å². The molecule has 0 atom stereocenters. The number of hydrogen-bond acceptors (Lipinski definition) is 17. The fourth-order valence-electron chi connectivity index (χ4n) is 15.3. The fourth-order valence-corrected chi connectivity index (χ4v) is 15.5. The number of aryl methyl sites for hydroxylation is 1. The summed E-state index contributed by atoms with van der Waals surface area (Å²) in [6.45, 7) is 21.3. The van der Waals surface area contributed by atoms with E-state index in [9.17, 15) is 45.5 Å². The number of phenolic OH excluding ortho intramolecular Hbond substituents is 6. The molecule has 0 aromatic heterocycles. The van der Waals surface area contributed by atoms with Crippen LogP contribution in [0.4, 0.5) is 5.69 Å². The van der Waals surface area contributed by atoms with Crippen LogP contribution in [0.2, 0.25) is 5.02 Å². The fraction of sp³-hybridized carbons (Fsp3) is 0.673. The Kier molecular flexibility index (Phi) is 81.4. The summed E-state index contributed by atoms with van der Waals surface area (Å²) in [6.07, 6.45) is 77.9. The Bertz CT molecular complexity index is 3560. The molecule has 0 aliphatic heterocycles. The Morgan fingerprint density at radius 3 is 0.894 bits per heavy atom. The van der Waals surface area contributed by atoms with Crippen molar-refractivity contribution in [2.75, 3.05) is 53.9 Å². The molecule has 0 saturated carbocycles. The van der Waals surface area contributed by atoms with E-state index < -0.39 is 10.9 Å². The minimum Gasteiger partial charge on any atom is -0.508 e. The molecule has 0 aliphatic carbocycles. The highest BCUT2D eigenvalue weighted by atomic mass is 35.5. The molecule has 18 nitrogen and oxygen atoms in total. The van der Waals surface area contributed by atoms with E-state index in [0.717, 1.165) is 87.2 Å². The van der Waals surface area contributed by atoms with Crippen molar-refractivity contribution in [2.45, 2.75) is 441 Å².